The molecule has 0 spiro atoms. The van der Waals surface area contributed by atoms with Crippen LogP contribution in [0.25, 0.3) is 0 Å². The first-order valence-electron chi connectivity index (χ1n) is 17.9. The van der Waals surface area contributed by atoms with Crippen LogP contribution in [-0.2, 0) is 27.9 Å². The molecule has 0 saturated carbocycles. The Kier molecular flexibility index (Phi) is 14.3. The Morgan fingerprint density at radius 3 is 1.92 bits per heavy atom. The molecular weight excluding hydrogens is 710 g/mol. The van der Waals surface area contributed by atoms with E-state index in [1.54, 1.807) is 6.92 Å². The van der Waals surface area contributed by atoms with Gasteiger partial charge in [-0.15, -0.1) is 0 Å². The first-order chi connectivity index (χ1) is 23.4. The van der Waals surface area contributed by atoms with Crippen LogP contribution < -0.4 is 10.4 Å². The van der Waals surface area contributed by atoms with E-state index >= 15 is 0 Å². The fourth-order valence-electron chi connectivity index (χ4n) is 6.49. The molecule has 0 aromatic heterocycles. The Bertz CT molecular complexity index is 1510. The smallest absolute Gasteiger partial charge is 0.414 e. The van der Waals surface area contributed by atoms with Gasteiger partial charge in [-0.25, -0.2) is 0 Å². The average Bonchev–Trinajstić information content (AvgIpc) is 3.37. The third kappa shape index (κ3) is 10.9. The van der Waals surface area contributed by atoms with E-state index < -0.39 is 43.9 Å². The molecular formula is C39H59F3O6SSi2. The molecule has 1 saturated heterocycles. The Morgan fingerprint density at radius 1 is 0.922 bits per heavy atom. The standard InChI is InChI=1S/C39H59F3O6SSi2/c1-29(31(3)47-49(43,44)39(40,41)42)27-33(48-50(10,11)37(4,5)6)24-25-36-30(2)28-32(46-36)19-18-26-45-51(38(7,8)9,34-20-14-12-15-21-34)35-22-16-13-17-23-35/h12-17,20-23,29,32-33,36H,2-3,18-19,24-28H2,1,4-11H3/t29-,32+,33-,36?/m1/s1. The van der Waals surface area contributed by atoms with Crippen molar-refractivity contribution in [3.8, 4) is 0 Å². The molecule has 1 aliphatic heterocycles. The van der Waals surface area contributed by atoms with Gasteiger partial charge in [0, 0.05) is 18.6 Å². The van der Waals surface area contributed by atoms with Gasteiger partial charge in [-0.05, 0) is 77.6 Å². The summed E-state index contributed by atoms with van der Waals surface area (Å²) in [5, 5.41) is 2.27. The monoisotopic (exact) mass is 768 g/mol. The van der Waals surface area contributed by atoms with E-state index in [4.69, 9.17) is 13.6 Å². The van der Waals surface area contributed by atoms with Crippen molar-refractivity contribution in [2.75, 3.05) is 6.61 Å². The van der Waals surface area contributed by atoms with Crippen molar-refractivity contribution in [1.29, 1.82) is 0 Å². The lowest BCUT2D eigenvalue weighted by Gasteiger charge is -2.43. The van der Waals surface area contributed by atoms with Gasteiger partial charge in [0.2, 0.25) is 0 Å². The molecule has 1 fully saturated rings. The highest BCUT2D eigenvalue weighted by Gasteiger charge is 2.51. The molecule has 1 unspecified atom stereocenters. The van der Waals surface area contributed by atoms with Gasteiger partial charge < -0.3 is 17.8 Å². The summed E-state index contributed by atoms with van der Waals surface area (Å²) >= 11 is 0. The van der Waals surface area contributed by atoms with E-state index in [2.05, 4.69) is 121 Å². The van der Waals surface area contributed by atoms with E-state index in [0.29, 0.717) is 19.4 Å². The SMILES string of the molecule is C=C1C[C@H](CCCO[Si](c2ccccc2)(c2ccccc2)C(C)(C)C)OC1CC[C@H](C[C@@H](C)C(=C)OS(=O)(=O)C(F)(F)F)O[Si](C)(C)C(C)(C)C. The summed E-state index contributed by atoms with van der Waals surface area (Å²) in [6.45, 7) is 27.4. The van der Waals surface area contributed by atoms with Crippen LogP contribution in [0.2, 0.25) is 23.2 Å². The maximum Gasteiger partial charge on any atom is 0.534 e. The second-order valence-corrected chi connectivity index (χ2v) is 27.0. The van der Waals surface area contributed by atoms with Gasteiger partial charge in [-0.1, -0.05) is 122 Å². The second kappa shape index (κ2) is 16.8. The summed E-state index contributed by atoms with van der Waals surface area (Å²) in [7, 11) is -10.7. The van der Waals surface area contributed by atoms with Gasteiger partial charge in [-0.2, -0.15) is 21.6 Å². The van der Waals surface area contributed by atoms with E-state index in [0.717, 1.165) is 24.8 Å². The topological polar surface area (TPSA) is 71.1 Å². The highest BCUT2D eigenvalue weighted by Crippen LogP contribution is 2.41. The summed E-state index contributed by atoms with van der Waals surface area (Å²) in [6, 6.07) is 21.2. The lowest BCUT2D eigenvalue weighted by atomic mass is 9.96. The first-order valence-corrected chi connectivity index (χ1v) is 24.1. The van der Waals surface area contributed by atoms with E-state index in [1.807, 2.05) is 12.1 Å². The molecule has 1 heterocycles. The highest BCUT2D eigenvalue weighted by atomic mass is 32.2. The molecule has 6 nitrogen and oxygen atoms in total. The van der Waals surface area contributed by atoms with Gasteiger partial charge in [0.15, 0.2) is 8.32 Å². The predicted octanol–water partition coefficient (Wildman–Crippen LogP) is 9.63. The van der Waals surface area contributed by atoms with E-state index in [9.17, 15) is 21.6 Å². The maximum absolute atomic E-state index is 13.0. The highest BCUT2D eigenvalue weighted by molar-refractivity contribution is 7.87. The Morgan fingerprint density at radius 2 is 1.45 bits per heavy atom. The largest absolute Gasteiger partial charge is 0.534 e. The lowest BCUT2D eigenvalue weighted by Crippen LogP contribution is -2.66. The normalized spacial score (nSPS) is 19.2. The number of allylic oxidation sites excluding steroid dienone is 1. The number of rotatable bonds is 17. The minimum Gasteiger partial charge on any atom is -0.414 e. The van der Waals surface area contributed by atoms with Crippen LogP contribution >= 0.6 is 0 Å². The minimum absolute atomic E-state index is 0.00434. The molecule has 2 aromatic rings. The molecule has 1 aliphatic rings. The van der Waals surface area contributed by atoms with E-state index in [1.165, 1.54) is 10.4 Å². The number of halogens is 3. The molecule has 286 valence electrons. The van der Waals surface area contributed by atoms with Crippen LogP contribution in [0.15, 0.2) is 85.2 Å². The number of hydrogen-bond acceptors (Lipinski definition) is 6. The van der Waals surface area contributed by atoms with Gasteiger partial charge in [-0.3, -0.25) is 0 Å². The van der Waals surface area contributed by atoms with Crippen LogP contribution in [0, 0.1) is 5.92 Å². The predicted molar refractivity (Wildman–Crippen MR) is 206 cm³/mol. The summed E-state index contributed by atoms with van der Waals surface area (Å²) in [6.07, 6.45) is 3.27. The minimum atomic E-state index is -5.80. The quantitative estimate of drug-likeness (QED) is 0.0399. The van der Waals surface area contributed by atoms with Gasteiger partial charge in [0.05, 0.1) is 12.2 Å². The van der Waals surface area contributed by atoms with Crippen LogP contribution in [0.5, 0.6) is 0 Å². The van der Waals surface area contributed by atoms with Crippen molar-refractivity contribution < 1.29 is 39.4 Å². The molecule has 0 radical (unpaired) electrons. The first kappa shape index (κ1) is 43.2. The molecule has 3 rings (SSSR count). The van der Waals surface area contributed by atoms with E-state index in [-0.39, 0.29) is 34.8 Å². The zero-order chi connectivity index (χ0) is 38.5. The van der Waals surface area contributed by atoms with Gasteiger partial charge in [0.25, 0.3) is 8.32 Å². The van der Waals surface area contributed by atoms with Crippen molar-refractivity contribution in [3.05, 3.63) is 85.2 Å². The summed E-state index contributed by atoms with van der Waals surface area (Å²) in [5.41, 5.74) is -4.52. The molecule has 0 N–H and O–H groups in total. The van der Waals surface area contributed by atoms with Crippen molar-refractivity contribution >= 4 is 37.1 Å². The van der Waals surface area contributed by atoms with Gasteiger partial charge in [0.1, 0.15) is 5.76 Å². The van der Waals surface area contributed by atoms with Crippen molar-refractivity contribution in [2.24, 2.45) is 5.92 Å². The molecule has 0 amide bonds. The molecule has 0 aliphatic carbocycles. The molecule has 4 atom stereocenters. The van der Waals surface area contributed by atoms with Crippen molar-refractivity contribution in [2.45, 2.75) is 134 Å². The molecule has 0 bridgehead atoms. The van der Waals surface area contributed by atoms with Crippen LogP contribution in [-0.4, -0.2) is 55.5 Å². The third-order valence-corrected chi connectivity index (χ3v) is 21.0. The third-order valence-electron chi connectivity index (χ3n) is 10.4. The van der Waals surface area contributed by atoms with Crippen LogP contribution in [0.3, 0.4) is 0 Å². The van der Waals surface area contributed by atoms with Crippen molar-refractivity contribution in [1.82, 2.24) is 0 Å². The molecule has 51 heavy (non-hydrogen) atoms. The summed E-state index contributed by atoms with van der Waals surface area (Å²) < 4.78 is 86.9. The number of alkyl halides is 3. The fraction of sp³-hybridized carbons (Fsp3) is 0.590. The Hall–Kier alpha value is -2.23. The lowest BCUT2D eigenvalue weighted by molar-refractivity contribution is -0.0527. The average molecular weight is 769 g/mol. The second-order valence-electron chi connectivity index (χ2n) is 16.4. The summed E-state index contributed by atoms with van der Waals surface area (Å²) in [4.78, 5) is 0. The Labute approximate surface area is 307 Å². The molecule has 12 heteroatoms. The maximum atomic E-state index is 13.0. The van der Waals surface area contributed by atoms with Crippen molar-refractivity contribution in [3.63, 3.8) is 0 Å². The Balaban J connectivity index is 1.66. The summed E-state index contributed by atoms with van der Waals surface area (Å²) in [5.74, 6) is -1.16. The zero-order valence-electron chi connectivity index (χ0n) is 31.9. The molecule has 2 aromatic carbocycles. The van der Waals surface area contributed by atoms with Crippen LogP contribution in [0.4, 0.5) is 13.2 Å². The van der Waals surface area contributed by atoms with Crippen LogP contribution in [0.1, 0.15) is 87.0 Å². The van der Waals surface area contributed by atoms with Gasteiger partial charge >= 0.3 is 15.6 Å². The number of hydrogen-bond donors (Lipinski definition) is 0. The number of benzene rings is 2. The number of ether oxygens (including phenoxy) is 1. The zero-order valence-corrected chi connectivity index (χ0v) is 34.8. The fourth-order valence-corrected chi connectivity index (χ4v) is 13.0.